The summed E-state index contributed by atoms with van der Waals surface area (Å²) in [5, 5.41) is 12.8. The minimum atomic E-state index is -0.575. The van der Waals surface area contributed by atoms with Gasteiger partial charge in [0.1, 0.15) is 30.1 Å². The number of aliphatic hydroxyl groups excluding tert-OH is 1. The Hall–Kier alpha value is -2.42. The second-order valence-corrected chi connectivity index (χ2v) is 7.38. The lowest BCUT2D eigenvalue weighted by Gasteiger charge is -2.27. The number of aromatic nitrogens is 2. The molecule has 29 heavy (non-hydrogen) atoms. The third kappa shape index (κ3) is 5.14. The van der Waals surface area contributed by atoms with Gasteiger partial charge < -0.3 is 30.5 Å². The largest absolute Gasteiger partial charge is 0.491 e. The van der Waals surface area contributed by atoms with Gasteiger partial charge in [0.15, 0.2) is 5.82 Å². The van der Waals surface area contributed by atoms with E-state index in [0.29, 0.717) is 36.6 Å². The molecular formula is C21H31N5O3. The third-order valence-corrected chi connectivity index (χ3v) is 5.14. The predicted molar refractivity (Wildman–Crippen MR) is 114 cm³/mol. The molecule has 0 saturated carbocycles. The summed E-state index contributed by atoms with van der Waals surface area (Å²) in [6.45, 7) is 4.23. The molecule has 1 aromatic carbocycles. The van der Waals surface area contributed by atoms with Crippen LogP contribution in [0.5, 0.6) is 5.75 Å². The van der Waals surface area contributed by atoms with Crippen molar-refractivity contribution in [2.24, 2.45) is 0 Å². The number of benzene rings is 1. The van der Waals surface area contributed by atoms with Crippen LogP contribution >= 0.6 is 0 Å². The van der Waals surface area contributed by atoms with Gasteiger partial charge in [0, 0.05) is 31.3 Å². The first-order chi connectivity index (χ1) is 14.0. The highest BCUT2D eigenvalue weighted by atomic mass is 16.5. The molecule has 1 aromatic heterocycles. The summed E-state index contributed by atoms with van der Waals surface area (Å²) in [4.78, 5) is 11.6. The molecule has 0 bridgehead atoms. The van der Waals surface area contributed by atoms with Gasteiger partial charge >= 0.3 is 0 Å². The average Bonchev–Trinajstić information content (AvgIpc) is 3.17. The van der Waals surface area contributed by atoms with E-state index in [2.05, 4.69) is 15.2 Å². The van der Waals surface area contributed by atoms with E-state index in [1.54, 1.807) is 14.2 Å². The first-order valence-corrected chi connectivity index (χ1v) is 9.99. The molecule has 1 aliphatic rings. The van der Waals surface area contributed by atoms with Crippen molar-refractivity contribution in [3.05, 3.63) is 29.8 Å². The van der Waals surface area contributed by atoms with Crippen molar-refractivity contribution in [2.45, 2.75) is 31.9 Å². The number of nitrogens with one attached hydrogen (secondary N) is 1. The SMILES string of the molecule is CNCC(O)COc1cccc(-c2nc(N)c(C)c(N3CCCC3COC)n2)c1. The van der Waals surface area contributed by atoms with Gasteiger partial charge in [-0.1, -0.05) is 12.1 Å². The number of methoxy groups -OCH3 is 1. The number of ether oxygens (including phenoxy) is 2. The molecule has 0 radical (unpaired) electrons. The van der Waals surface area contributed by atoms with Crippen LogP contribution in [-0.2, 0) is 4.74 Å². The number of nitrogens with two attached hydrogens (primary N) is 1. The first kappa shape index (κ1) is 21.3. The molecule has 0 spiro atoms. The van der Waals surface area contributed by atoms with Gasteiger partial charge in [-0.05, 0) is 38.9 Å². The zero-order valence-electron chi connectivity index (χ0n) is 17.4. The topological polar surface area (TPSA) is 106 Å². The number of anilines is 2. The second-order valence-electron chi connectivity index (χ2n) is 7.38. The summed E-state index contributed by atoms with van der Waals surface area (Å²) in [5.41, 5.74) is 7.94. The van der Waals surface area contributed by atoms with Gasteiger partial charge in [0.05, 0.1) is 12.6 Å². The van der Waals surface area contributed by atoms with Crippen LogP contribution in [0.2, 0.25) is 0 Å². The monoisotopic (exact) mass is 401 g/mol. The Balaban J connectivity index is 1.86. The summed E-state index contributed by atoms with van der Waals surface area (Å²) in [6.07, 6.45) is 1.60. The van der Waals surface area contributed by atoms with Gasteiger partial charge in [-0.3, -0.25) is 0 Å². The van der Waals surface area contributed by atoms with Crippen LogP contribution in [0.15, 0.2) is 24.3 Å². The molecule has 2 atom stereocenters. The third-order valence-electron chi connectivity index (χ3n) is 5.14. The minimum Gasteiger partial charge on any atom is -0.491 e. The van der Waals surface area contributed by atoms with Crippen molar-refractivity contribution in [3.8, 4) is 17.1 Å². The molecule has 0 aliphatic carbocycles. The lowest BCUT2D eigenvalue weighted by molar-refractivity contribution is 0.108. The fourth-order valence-electron chi connectivity index (χ4n) is 3.62. The van der Waals surface area contributed by atoms with Crippen LogP contribution in [0.25, 0.3) is 11.4 Å². The molecule has 1 saturated heterocycles. The molecule has 8 heteroatoms. The Morgan fingerprint density at radius 1 is 1.38 bits per heavy atom. The normalized spacial score (nSPS) is 17.5. The molecule has 3 rings (SSSR count). The maximum absolute atomic E-state index is 9.85. The van der Waals surface area contributed by atoms with Gasteiger partial charge in [0.25, 0.3) is 0 Å². The predicted octanol–water partition coefficient (Wildman–Crippen LogP) is 1.61. The van der Waals surface area contributed by atoms with Crippen LogP contribution in [0.3, 0.4) is 0 Å². The van der Waals surface area contributed by atoms with E-state index >= 15 is 0 Å². The van der Waals surface area contributed by atoms with E-state index in [0.717, 1.165) is 36.3 Å². The van der Waals surface area contributed by atoms with Gasteiger partial charge in [-0.25, -0.2) is 9.97 Å². The lowest BCUT2D eigenvalue weighted by atomic mass is 10.1. The minimum absolute atomic E-state index is 0.207. The van der Waals surface area contributed by atoms with Crippen molar-refractivity contribution in [2.75, 3.05) is 51.1 Å². The highest BCUT2D eigenvalue weighted by Gasteiger charge is 2.28. The van der Waals surface area contributed by atoms with Crippen LogP contribution < -0.4 is 20.7 Å². The molecule has 158 valence electrons. The number of likely N-dealkylation sites (N-methyl/N-ethyl adjacent to an activating group) is 1. The molecule has 2 heterocycles. The molecule has 8 nitrogen and oxygen atoms in total. The van der Waals surface area contributed by atoms with Crippen molar-refractivity contribution in [1.82, 2.24) is 15.3 Å². The van der Waals surface area contributed by atoms with Crippen LogP contribution in [0.4, 0.5) is 11.6 Å². The maximum atomic E-state index is 9.85. The van der Waals surface area contributed by atoms with Crippen LogP contribution in [-0.4, -0.2) is 67.7 Å². The summed E-state index contributed by atoms with van der Waals surface area (Å²) < 4.78 is 11.1. The van der Waals surface area contributed by atoms with Crippen molar-refractivity contribution in [1.29, 1.82) is 0 Å². The van der Waals surface area contributed by atoms with Gasteiger partial charge in [-0.2, -0.15) is 0 Å². The summed E-state index contributed by atoms with van der Waals surface area (Å²) in [5.74, 6) is 2.56. The van der Waals surface area contributed by atoms with E-state index in [1.807, 2.05) is 31.2 Å². The van der Waals surface area contributed by atoms with E-state index in [9.17, 15) is 5.11 Å². The maximum Gasteiger partial charge on any atom is 0.164 e. The van der Waals surface area contributed by atoms with Gasteiger partial charge in [0.2, 0.25) is 0 Å². The highest BCUT2D eigenvalue weighted by Crippen LogP contribution is 2.32. The Morgan fingerprint density at radius 2 is 2.21 bits per heavy atom. The average molecular weight is 402 g/mol. The fraction of sp³-hybridized carbons (Fsp3) is 0.524. The second kappa shape index (κ2) is 9.87. The van der Waals surface area contributed by atoms with Crippen molar-refractivity contribution in [3.63, 3.8) is 0 Å². The summed E-state index contributed by atoms with van der Waals surface area (Å²) in [7, 11) is 3.51. The van der Waals surface area contributed by atoms with E-state index in [1.165, 1.54) is 0 Å². The molecule has 4 N–H and O–H groups in total. The summed E-state index contributed by atoms with van der Waals surface area (Å²) in [6, 6.07) is 7.84. The number of hydrogen-bond donors (Lipinski definition) is 3. The number of rotatable bonds is 9. The standard InChI is InChI=1S/C21H31N5O3/c1-14-19(22)24-20(25-21(14)26-9-5-7-16(26)12-28-3)15-6-4-8-18(10-15)29-13-17(27)11-23-2/h4,6,8,10,16-17,23,27H,5,7,9,11-13H2,1-3H3,(H2,22,24,25). The molecule has 1 fully saturated rings. The Morgan fingerprint density at radius 3 is 2.97 bits per heavy atom. The van der Waals surface area contributed by atoms with Crippen LogP contribution in [0, 0.1) is 6.92 Å². The molecule has 2 unspecified atom stereocenters. The zero-order valence-corrected chi connectivity index (χ0v) is 17.4. The van der Waals surface area contributed by atoms with E-state index < -0.39 is 6.10 Å². The first-order valence-electron chi connectivity index (χ1n) is 9.99. The van der Waals surface area contributed by atoms with E-state index in [4.69, 9.17) is 20.2 Å². The molecule has 1 aliphatic heterocycles. The quantitative estimate of drug-likeness (QED) is 0.582. The number of hydrogen-bond acceptors (Lipinski definition) is 8. The van der Waals surface area contributed by atoms with E-state index in [-0.39, 0.29) is 6.61 Å². The number of nitrogen functional groups attached to an aromatic ring is 1. The summed E-state index contributed by atoms with van der Waals surface area (Å²) >= 11 is 0. The van der Waals surface area contributed by atoms with Crippen LogP contribution in [0.1, 0.15) is 18.4 Å². The zero-order chi connectivity index (χ0) is 20.8. The Bertz CT molecular complexity index is 817. The number of aliphatic hydroxyl groups is 1. The number of nitrogens with zero attached hydrogens (tertiary/aromatic N) is 3. The smallest absolute Gasteiger partial charge is 0.164 e. The van der Waals surface area contributed by atoms with Crippen molar-refractivity contribution >= 4 is 11.6 Å². The Labute approximate surface area is 172 Å². The van der Waals surface area contributed by atoms with Crippen molar-refractivity contribution < 1.29 is 14.6 Å². The molecule has 0 amide bonds. The Kier molecular flexibility index (Phi) is 7.24. The lowest BCUT2D eigenvalue weighted by Crippen LogP contribution is -2.34. The van der Waals surface area contributed by atoms with Gasteiger partial charge in [-0.15, -0.1) is 0 Å². The highest BCUT2D eigenvalue weighted by molar-refractivity contribution is 5.66. The molecule has 2 aromatic rings. The molecular weight excluding hydrogens is 370 g/mol. The fourth-order valence-corrected chi connectivity index (χ4v) is 3.62.